The number of fused-ring (bicyclic) bond motifs is 1. The first-order chi connectivity index (χ1) is 9.65. The van der Waals surface area contributed by atoms with E-state index in [-0.39, 0.29) is 0 Å². The smallest absolute Gasteiger partial charge is 0.308 e. The molecule has 3 nitrogen and oxygen atoms in total. The van der Waals surface area contributed by atoms with Crippen LogP contribution in [0.15, 0.2) is 42.7 Å². The van der Waals surface area contributed by atoms with Crippen LogP contribution < -0.4 is 0 Å². The Kier molecular flexibility index (Phi) is 3.45. The number of pyridine rings is 1. The minimum Gasteiger partial charge on any atom is -0.481 e. The fourth-order valence-corrected chi connectivity index (χ4v) is 3.10. The number of nitrogens with zero attached hydrogens (tertiary/aromatic N) is 1. The predicted molar refractivity (Wildman–Crippen MR) is 76.9 cm³/mol. The molecule has 0 amide bonds. The third-order valence-electron chi connectivity index (χ3n) is 3.75. The van der Waals surface area contributed by atoms with Gasteiger partial charge in [-0.3, -0.25) is 9.78 Å². The number of benzene rings is 1. The van der Waals surface area contributed by atoms with Crippen LogP contribution in [0.3, 0.4) is 0 Å². The number of carboxylic acid groups (broad SMARTS) is 1. The average molecular weight is 288 g/mol. The number of hydrogen-bond donors (Lipinski definition) is 1. The van der Waals surface area contributed by atoms with Crippen molar-refractivity contribution in [2.75, 3.05) is 0 Å². The van der Waals surface area contributed by atoms with E-state index >= 15 is 0 Å². The Hall–Kier alpha value is -1.87. The summed E-state index contributed by atoms with van der Waals surface area (Å²) in [6.45, 7) is 0. The molecular weight excluding hydrogens is 274 g/mol. The number of carboxylic acids is 1. The lowest BCUT2D eigenvalue weighted by atomic mass is 10.0. The van der Waals surface area contributed by atoms with Gasteiger partial charge in [-0.15, -0.1) is 11.6 Å². The Morgan fingerprint density at radius 1 is 1.35 bits per heavy atom. The van der Waals surface area contributed by atoms with Crippen LogP contribution in [0, 0.1) is 5.92 Å². The van der Waals surface area contributed by atoms with Crippen molar-refractivity contribution in [3.8, 4) is 0 Å². The highest BCUT2D eigenvalue weighted by molar-refractivity contribution is 6.22. The van der Waals surface area contributed by atoms with E-state index in [2.05, 4.69) is 4.98 Å². The fourth-order valence-electron chi connectivity index (χ4n) is 2.70. The number of halogens is 1. The molecule has 2 aromatic rings. The van der Waals surface area contributed by atoms with Crippen molar-refractivity contribution < 1.29 is 9.90 Å². The maximum atomic E-state index is 11.2. The second kappa shape index (κ2) is 5.25. The van der Waals surface area contributed by atoms with Gasteiger partial charge in [0, 0.05) is 12.4 Å². The third-order valence-corrected chi connectivity index (χ3v) is 4.29. The zero-order valence-electron chi connectivity index (χ0n) is 10.8. The summed E-state index contributed by atoms with van der Waals surface area (Å²) >= 11 is 6.29. The van der Waals surface area contributed by atoms with E-state index < -0.39 is 17.3 Å². The third kappa shape index (κ3) is 2.41. The van der Waals surface area contributed by atoms with E-state index in [9.17, 15) is 4.79 Å². The number of rotatable bonds is 3. The molecule has 0 aliphatic heterocycles. The SMILES string of the molecule is O=C(O)C1Cc2ccc(Cc3cccnc3)cc2C1Cl. The summed E-state index contributed by atoms with van der Waals surface area (Å²) in [6.07, 6.45) is 4.89. The number of aromatic nitrogens is 1. The number of hydrogen-bond acceptors (Lipinski definition) is 2. The van der Waals surface area contributed by atoms with Gasteiger partial charge in [-0.2, -0.15) is 0 Å². The summed E-state index contributed by atoms with van der Waals surface area (Å²) in [5.41, 5.74) is 4.27. The van der Waals surface area contributed by atoms with E-state index in [0.717, 1.165) is 28.7 Å². The Balaban J connectivity index is 1.86. The van der Waals surface area contributed by atoms with Crippen molar-refractivity contribution in [2.45, 2.75) is 18.2 Å². The molecular formula is C16H14ClNO2. The van der Waals surface area contributed by atoms with E-state index in [1.165, 1.54) is 0 Å². The molecule has 20 heavy (non-hydrogen) atoms. The quantitative estimate of drug-likeness (QED) is 0.882. The lowest BCUT2D eigenvalue weighted by molar-refractivity contribution is -0.141. The van der Waals surface area contributed by atoms with Crippen LogP contribution in [0.25, 0.3) is 0 Å². The van der Waals surface area contributed by atoms with Crippen molar-refractivity contribution in [3.63, 3.8) is 0 Å². The van der Waals surface area contributed by atoms with E-state index in [0.29, 0.717) is 6.42 Å². The van der Waals surface area contributed by atoms with Gasteiger partial charge in [-0.1, -0.05) is 24.3 Å². The number of carbonyl (C=O) groups is 1. The molecule has 3 rings (SSSR count). The first-order valence-corrected chi connectivity index (χ1v) is 6.96. The molecule has 2 atom stereocenters. The van der Waals surface area contributed by atoms with Gasteiger partial charge in [0.15, 0.2) is 0 Å². The molecule has 1 aliphatic rings. The Morgan fingerprint density at radius 2 is 2.20 bits per heavy atom. The first kappa shape index (κ1) is 13.1. The van der Waals surface area contributed by atoms with Crippen LogP contribution in [-0.2, 0) is 17.6 Å². The van der Waals surface area contributed by atoms with Gasteiger partial charge in [-0.25, -0.2) is 0 Å². The molecule has 0 saturated carbocycles. The van der Waals surface area contributed by atoms with Crippen LogP contribution in [0.2, 0.25) is 0 Å². The highest BCUT2D eigenvalue weighted by Gasteiger charge is 2.35. The molecule has 4 heteroatoms. The molecule has 1 aliphatic carbocycles. The standard InChI is InChI=1S/C16H14ClNO2/c17-15-13-7-10(6-11-2-1-5-18-9-11)3-4-12(13)8-14(15)16(19)20/h1-5,7,9,14-15H,6,8H2,(H,19,20). The normalized spacial score (nSPS) is 20.6. The molecule has 0 radical (unpaired) electrons. The average Bonchev–Trinajstić information content (AvgIpc) is 2.77. The van der Waals surface area contributed by atoms with Gasteiger partial charge in [0.2, 0.25) is 0 Å². The summed E-state index contributed by atoms with van der Waals surface area (Å²) in [7, 11) is 0. The Bertz CT molecular complexity index is 642. The van der Waals surface area contributed by atoms with Crippen LogP contribution in [0.5, 0.6) is 0 Å². The zero-order valence-corrected chi connectivity index (χ0v) is 11.5. The Morgan fingerprint density at radius 3 is 2.90 bits per heavy atom. The van der Waals surface area contributed by atoms with Crippen molar-refractivity contribution in [2.24, 2.45) is 5.92 Å². The lowest BCUT2D eigenvalue weighted by Crippen LogP contribution is -2.15. The Labute approximate surface area is 122 Å². The van der Waals surface area contributed by atoms with Crippen molar-refractivity contribution in [1.29, 1.82) is 0 Å². The summed E-state index contributed by atoms with van der Waals surface area (Å²) in [5.74, 6) is -1.34. The van der Waals surface area contributed by atoms with Gasteiger partial charge in [0.1, 0.15) is 0 Å². The highest BCUT2D eigenvalue weighted by Crippen LogP contribution is 2.41. The van der Waals surface area contributed by atoms with Crippen LogP contribution in [-0.4, -0.2) is 16.1 Å². The van der Waals surface area contributed by atoms with E-state index in [1.807, 2.05) is 36.5 Å². The lowest BCUT2D eigenvalue weighted by Gasteiger charge is -2.09. The van der Waals surface area contributed by atoms with Crippen molar-refractivity contribution in [3.05, 3.63) is 65.0 Å². The second-order valence-electron chi connectivity index (χ2n) is 5.12. The van der Waals surface area contributed by atoms with Gasteiger partial charge < -0.3 is 5.11 Å². The molecule has 0 saturated heterocycles. The van der Waals surface area contributed by atoms with E-state index in [4.69, 9.17) is 16.7 Å². The molecule has 102 valence electrons. The molecule has 0 spiro atoms. The van der Waals surface area contributed by atoms with Crippen LogP contribution in [0.4, 0.5) is 0 Å². The minimum atomic E-state index is -0.824. The van der Waals surface area contributed by atoms with Crippen LogP contribution in [0.1, 0.15) is 27.6 Å². The topological polar surface area (TPSA) is 50.2 Å². The van der Waals surface area contributed by atoms with E-state index in [1.54, 1.807) is 6.20 Å². The zero-order chi connectivity index (χ0) is 14.1. The van der Waals surface area contributed by atoms with Crippen molar-refractivity contribution >= 4 is 17.6 Å². The largest absolute Gasteiger partial charge is 0.481 e. The molecule has 0 fully saturated rings. The monoisotopic (exact) mass is 287 g/mol. The van der Waals surface area contributed by atoms with Gasteiger partial charge in [0.25, 0.3) is 0 Å². The molecule has 0 bridgehead atoms. The molecule has 1 heterocycles. The summed E-state index contributed by atoms with van der Waals surface area (Å²) in [5, 5.41) is 8.73. The number of aliphatic carboxylic acids is 1. The summed E-state index contributed by atoms with van der Waals surface area (Å²) < 4.78 is 0. The molecule has 1 aromatic heterocycles. The van der Waals surface area contributed by atoms with Crippen LogP contribution >= 0.6 is 11.6 Å². The maximum Gasteiger partial charge on any atom is 0.308 e. The maximum absolute atomic E-state index is 11.2. The fraction of sp³-hybridized carbons (Fsp3) is 0.250. The predicted octanol–water partition coefficient (Wildman–Crippen LogP) is 3.21. The summed E-state index contributed by atoms with van der Waals surface area (Å²) in [6, 6.07) is 10.0. The second-order valence-corrected chi connectivity index (χ2v) is 5.59. The first-order valence-electron chi connectivity index (χ1n) is 6.52. The van der Waals surface area contributed by atoms with Gasteiger partial charge in [0.05, 0.1) is 11.3 Å². The summed E-state index contributed by atoms with van der Waals surface area (Å²) in [4.78, 5) is 15.3. The highest BCUT2D eigenvalue weighted by atomic mass is 35.5. The van der Waals surface area contributed by atoms with Gasteiger partial charge in [-0.05, 0) is 41.2 Å². The van der Waals surface area contributed by atoms with Crippen molar-refractivity contribution in [1.82, 2.24) is 4.98 Å². The molecule has 1 aromatic carbocycles. The number of alkyl halides is 1. The minimum absolute atomic E-state index is 0.434. The molecule has 2 unspecified atom stereocenters. The molecule has 1 N–H and O–H groups in total. The van der Waals surface area contributed by atoms with Gasteiger partial charge >= 0.3 is 5.97 Å².